The molecule has 0 radical (unpaired) electrons. The molecule has 182 valence electrons. The molecular weight excluding hydrogens is 463 g/mol. The van der Waals surface area contributed by atoms with Gasteiger partial charge in [-0.2, -0.15) is 13.2 Å². The van der Waals surface area contributed by atoms with E-state index in [0.717, 1.165) is 11.6 Å². The summed E-state index contributed by atoms with van der Waals surface area (Å²) in [4.78, 5) is 21.9. The van der Waals surface area contributed by atoms with E-state index in [1.807, 2.05) is 0 Å². The minimum Gasteiger partial charge on any atom is -0.384 e. The topological polar surface area (TPSA) is 123 Å². The van der Waals surface area contributed by atoms with Gasteiger partial charge < -0.3 is 15.7 Å². The molecule has 9 nitrogen and oxygen atoms in total. The van der Waals surface area contributed by atoms with Crippen molar-refractivity contribution in [2.24, 2.45) is 0 Å². The molecule has 0 bridgehead atoms. The molecule has 0 unspecified atom stereocenters. The van der Waals surface area contributed by atoms with Gasteiger partial charge in [0.25, 0.3) is 5.91 Å². The van der Waals surface area contributed by atoms with Crippen LogP contribution in [0.4, 0.5) is 19.0 Å². The largest absolute Gasteiger partial charge is 0.419 e. The Labute approximate surface area is 197 Å². The average Bonchev–Trinajstić information content (AvgIpc) is 3.27. The zero-order valence-corrected chi connectivity index (χ0v) is 18.7. The maximum absolute atomic E-state index is 13.4. The smallest absolute Gasteiger partial charge is 0.384 e. The van der Waals surface area contributed by atoms with Crippen molar-refractivity contribution in [1.29, 1.82) is 0 Å². The molecule has 5 rings (SSSR count). The van der Waals surface area contributed by atoms with Gasteiger partial charge in [0.15, 0.2) is 0 Å². The number of nitrogen functional groups attached to an aromatic ring is 1. The molecule has 3 aromatic heterocycles. The Bertz CT molecular complexity index is 1430. The first-order valence-corrected chi connectivity index (χ1v) is 11.1. The quantitative estimate of drug-likeness (QED) is 0.457. The van der Waals surface area contributed by atoms with Crippen LogP contribution in [-0.2, 0) is 11.0 Å². The predicted molar refractivity (Wildman–Crippen MR) is 122 cm³/mol. The maximum Gasteiger partial charge on any atom is 0.419 e. The van der Waals surface area contributed by atoms with Gasteiger partial charge in [-0.25, -0.2) is 9.67 Å². The Kier molecular flexibility index (Phi) is 5.55. The number of aliphatic hydroxyl groups excluding tert-OH is 1. The summed E-state index contributed by atoms with van der Waals surface area (Å²) in [6.07, 6.45) is -1.50. The molecule has 0 saturated carbocycles. The van der Waals surface area contributed by atoms with Gasteiger partial charge >= 0.3 is 6.18 Å². The monoisotopic (exact) mass is 485 g/mol. The summed E-state index contributed by atoms with van der Waals surface area (Å²) in [6.45, 7) is 2.40. The lowest BCUT2D eigenvalue weighted by atomic mass is 10.0. The van der Waals surface area contributed by atoms with Gasteiger partial charge in [-0.15, -0.1) is 5.10 Å². The average molecular weight is 485 g/mol. The van der Waals surface area contributed by atoms with E-state index in [-0.39, 0.29) is 17.5 Å². The van der Waals surface area contributed by atoms with Gasteiger partial charge in [0.2, 0.25) is 0 Å². The number of nitrogens with two attached hydrogens (primary N) is 1. The number of aliphatic hydroxyl groups is 1. The predicted octanol–water partition coefficient (Wildman–Crippen LogP) is 3.19. The standard InChI is InChI=1S/C23H22F3N7O2/c1-12(34)22(35)32-6-4-15(5-7-32)33-20-16-8-13(2-3-18(16)28-11-19(20)30-31-33)14-9-17(23(24,25)26)21(27)29-10-14/h2-3,8-12,15,34H,4-7H2,1H3,(H2,27,29)/t12-/m0/s1. The van der Waals surface area contributed by atoms with Gasteiger partial charge in [0.05, 0.1) is 23.3 Å². The number of carbonyl (C=O) groups excluding carboxylic acids is 1. The molecule has 1 fully saturated rings. The third-order valence-corrected chi connectivity index (χ3v) is 6.33. The Hall–Kier alpha value is -3.80. The highest BCUT2D eigenvalue weighted by Crippen LogP contribution is 2.36. The lowest BCUT2D eigenvalue weighted by Crippen LogP contribution is -2.43. The number of piperidine rings is 1. The maximum atomic E-state index is 13.4. The molecule has 1 aliphatic heterocycles. The first-order chi connectivity index (χ1) is 16.6. The minimum atomic E-state index is -4.62. The number of hydrogen-bond donors (Lipinski definition) is 2. The number of pyridine rings is 2. The van der Waals surface area contributed by atoms with E-state index < -0.39 is 23.7 Å². The second-order valence-electron chi connectivity index (χ2n) is 8.64. The van der Waals surface area contributed by atoms with E-state index in [2.05, 4.69) is 20.3 Å². The highest BCUT2D eigenvalue weighted by molar-refractivity contribution is 6.03. The Morgan fingerprint density at radius 3 is 2.54 bits per heavy atom. The number of nitrogens with zero attached hydrogens (tertiary/aromatic N) is 6. The Morgan fingerprint density at radius 2 is 1.86 bits per heavy atom. The highest BCUT2D eigenvalue weighted by atomic mass is 19.4. The Balaban J connectivity index is 1.55. The highest BCUT2D eigenvalue weighted by Gasteiger charge is 2.34. The number of likely N-dealkylation sites (tertiary alicyclic amines) is 1. The molecule has 3 N–H and O–H groups in total. The fraction of sp³-hybridized carbons (Fsp3) is 0.348. The SMILES string of the molecule is C[C@H](O)C(=O)N1CCC(n2nnc3cnc4ccc(-c5cnc(N)c(C(F)(F)F)c5)cc4c32)CC1. The van der Waals surface area contributed by atoms with E-state index >= 15 is 0 Å². The van der Waals surface area contributed by atoms with Crippen molar-refractivity contribution >= 4 is 33.7 Å². The summed E-state index contributed by atoms with van der Waals surface area (Å²) in [5.74, 6) is -0.879. The third-order valence-electron chi connectivity index (χ3n) is 6.33. The number of halogens is 3. The lowest BCUT2D eigenvalue weighted by Gasteiger charge is -2.32. The second-order valence-corrected chi connectivity index (χ2v) is 8.64. The number of anilines is 1. The van der Waals surface area contributed by atoms with Crippen LogP contribution in [0.5, 0.6) is 0 Å². The summed E-state index contributed by atoms with van der Waals surface area (Å²) >= 11 is 0. The van der Waals surface area contributed by atoms with Gasteiger partial charge in [0, 0.05) is 30.2 Å². The molecule has 1 atom stereocenters. The van der Waals surface area contributed by atoms with E-state index in [4.69, 9.17) is 5.73 Å². The number of fused-ring (bicyclic) bond motifs is 3. The molecule has 0 aliphatic carbocycles. The van der Waals surface area contributed by atoms with Crippen molar-refractivity contribution < 1.29 is 23.1 Å². The van der Waals surface area contributed by atoms with Gasteiger partial charge in [0.1, 0.15) is 23.0 Å². The van der Waals surface area contributed by atoms with Crippen LogP contribution in [0.3, 0.4) is 0 Å². The van der Waals surface area contributed by atoms with Crippen LogP contribution < -0.4 is 5.73 Å². The van der Waals surface area contributed by atoms with E-state index in [9.17, 15) is 23.1 Å². The van der Waals surface area contributed by atoms with Crippen LogP contribution in [0.15, 0.2) is 36.7 Å². The van der Waals surface area contributed by atoms with Crippen LogP contribution in [0.2, 0.25) is 0 Å². The van der Waals surface area contributed by atoms with Gasteiger partial charge in [-0.05, 0) is 43.5 Å². The van der Waals surface area contributed by atoms with Crippen LogP contribution in [0.1, 0.15) is 31.4 Å². The summed E-state index contributed by atoms with van der Waals surface area (Å²) < 4.78 is 41.9. The van der Waals surface area contributed by atoms with Crippen LogP contribution in [0, 0.1) is 0 Å². The molecule has 0 spiro atoms. The van der Waals surface area contributed by atoms with E-state index in [1.54, 1.807) is 34.0 Å². The molecule has 1 aromatic carbocycles. The molecule has 4 aromatic rings. The summed E-state index contributed by atoms with van der Waals surface area (Å²) in [7, 11) is 0. The van der Waals surface area contributed by atoms with Crippen molar-refractivity contribution in [3.63, 3.8) is 0 Å². The number of rotatable bonds is 3. The molecule has 4 heterocycles. The molecule has 1 saturated heterocycles. The minimum absolute atomic E-state index is 0.0395. The van der Waals surface area contributed by atoms with Gasteiger partial charge in [-0.3, -0.25) is 9.78 Å². The second kappa shape index (κ2) is 8.45. The van der Waals surface area contributed by atoms with Crippen molar-refractivity contribution in [3.8, 4) is 11.1 Å². The first kappa shape index (κ1) is 23.0. The Morgan fingerprint density at radius 1 is 1.11 bits per heavy atom. The number of aromatic nitrogens is 5. The van der Waals surface area contributed by atoms with Gasteiger partial charge in [-0.1, -0.05) is 11.3 Å². The molecule has 1 aliphatic rings. The van der Waals surface area contributed by atoms with E-state index in [1.165, 1.54) is 13.1 Å². The van der Waals surface area contributed by atoms with Crippen molar-refractivity contribution in [2.45, 2.75) is 38.1 Å². The van der Waals surface area contributed by atoms with Crippen LogP contribution in [-0.4, -0.2) is 60.1 Å². The zero-order valence-electron chi connectivity index (χ0n) is 18.7. The van der Waals surface area contributed by atoms with Crippen molar-refractivity contribution in [2.75, 3.05) is 18.8 Å². The lowest BCUT2D eigenvalue weighted by molar-refractivity contribution is -0.140. The molecule has 12 heteroatoms. The normalized spacial score (nSPS) is 16.2. The number of amides is 1. The summed E-state index contributed by atoms with van der Waals surface area (Å²) in [5.41, 5.74) is 7.18. The summed E-state index contributed by atoms with van der Waals surface area (Å²) in [5, 5.41) is 18.8. The van der Waals surface area contributed by atoms with E-state index in [0.29, 0.717) is 47.9 Å². The number of carbonyl (C=O) groups is 1. The van der Waals surface area contributed by atoms with Crippen molar-refractivity contribution in [3.05, 3.63) is 42.2 Å². The zero-order chi connectivity index (χ0) is 24.9. The van der Waals surface area contributed by atoms with Crippen LogP contribution in [0.25, 0.3) is 33.1 Å². The third kappa shape index (κ3) is 4.14. The van der Waals surface area contributed by atoms with Crippen LogP contribution >= 0.6 is 0 Å². The molecule has 1 amide bonds. The fourth-order valence-electron chi connectivity index (χ4n) is 4.51. The fourth-order valence-corrected chi connectivity index (χ4v) is 4.51. The summed E-state index contributed by atoms with van der Waals surface area (Å²) in [6, 6.07) is 6.12. The first-order valence-electron chi connectivity index (χ1n) is 11.1. The number of hydrogen-bond acceptors (Lipinski definition) is 7. The molecule has 35 heavy (non-hydrogen) atoms. The number of benzene rings is 1. The van der Waals surface area contributed by atoms with Crippen molar-refractivity contribution in [1.82, 2.24) is 29.9 Å². The molecular formula is C23H22F3N7O2. The number of alkyl halides is 3.